The molecule has 108 valence electrons. The Balaban J connectivity index is 2.62. The number of hydrogen-bond acceptors (Lipinski definition) is 4. The maximum atomic E-state index is 14.3. The fourth-order valence-electron chi connectivity index (χ4n) is 2.04. The lowest BCUT2D eigenvalue weighted by Crippen LogP contribution is -2.21. The average molecular weight is 302 g/mol. The summed E-state index contributed by atoms with van der Waals surface area (Å²) in [6.45, 7) is 3.24. The van der Waals surface area contributed by atoms with Gasteiger partial charge in [0.05, 0.1) is 28.8 Å². The molecule has 1 unspecified atom stereocenters. The summed E-state index contributed by atoms with van der Waals surface area (Å²) in [5.41, 5.74) is 0.213. The number of carbonyl (C=O) groups is 2. The smallest absolute Gasteiger partial charge is 0.407 e. The van der Waals surface area contributed by atoms with Crippen LogP contribution in [0.15, 0.2) is 6.07 Å². The lowest BCUT2D eigenvalue weighted by molar-refractivity contribution is 0.101. The van der Waals surface area contributed by atoms with Crippen molar-refractivity contribution in [3.8, 4) is 5.75 Å². The molecule has 1 heterocycles. The molecule has 7 heteroatoms. The molecule has 1 fully saturated rings. The van der Waals surface area contributed by atoms with Crippen molar-refractivity contribution in [3.63, 3.8) is 0 Å². The van der Waals surface area contributed by atoms with Crippen LogP contribution in [0.4, 0.5) is 9.18 Å². The molecule has 2 rings (SSSR count). The highest BCUT2D eigenvalue weighted by molar-refractivity contribution is 6.31. The number of rotatable bonds is 4. The van der Waals surface area contributed by atoms with E-state index < -0.39 is 18.0 Å². The number of benzene rings is 1. The molecular weight excluding hydrogens is 289 g/mol. The SMILES string of the molecule is CCOc1c(C(C)=O)cc(Cl)c(F)c1C1COC(=O)N1. The van der Waals surface area contributed by atoms with Gasteiger partial charge in [-0.25, -0.2) is 9.18 Å². The zero-order valence-corrected chi connectivity index (χ0v) is 11.7. The Morgan fingerprint density at radius 2 is 2.35 bits per heavy atom. The number of ether oxygens (including phenoxy) is 2. The van der Waals surface area contributed by atoms with Gasteiger partial charge in [0.25, 0.3) is 0 Å². The standard InChI is InChI=1S/C13H13ClFNO4/c1-3-19-12-7(6(2)17)4-8(14)11(15)10(12)9-5-20-13(18)16-9/h4,9H,3,5H2,1-2H3,(H,16,18). The minimum atomic E-state index is -0.735. The summed E-state index contributed by atoms with van der Waals surface area (Å²) in [5, 5.41) is 2.25. The van der Waals surface area contributed by atoms with Crippen LogP contribution < -0.4 is 10.1 Å². The summed E-state index contributed by atoms with van der Waals surface area (Å²) in [5.74, 6) is -0.935. The lowest BCUT2D eigenvalue weighted by Gasteiger charge is -2.18. The van der Waals surface area contributed by atoms with Crippen molar-refractivity contribution in [1.82, 2.24) is 5.32 Å². The predicted octanol–water partition coefficient (Wildman–Crippen LogP) is 2.86. The van der Waals surface area contributed by atoms with Gasteiger partial charge in [-0.2, -0.15) is 0 Å². The van der Waals surface area contributed by atoms with Gasteiger partial charge < -0.3 is 14.8 Å². The minimum Gasteiger partial charge on any atom is -0.493 e. The molecule has 1 atom stereocenters. The zero-order chi connectivity index (χ0) is 14.9. The van der Waals surface area contributed by atoms with Gasteiger partial charge in [0, 0.05) is 0 Å². The summed E-state index contributed by atoms with van der Waals surface area (Å²) in [6, 6.07) is 0.492. The molecule has 1 N–H and O–H groups in total. The van der Waals surface area contributed by atoms with E-state index in [2.05, 4.69) is 5.32 Å². The van der Waals surface area contributed by atoms with Crippen molar-refractivity contribution in [1.29, 1.82) is 0 Å². The van der Waals surface area contributed by atoms with E-state index in [1.165, 1.54) is 13.0 Å². The largest absolute Gasteiger partial charge is 0.493 e. The molecular formula is C13H13ClFNO4. The van der Waals surface area contributed by atoms with Crippen molar-refractivity contribution in [2.75, 3.05) is 13.2 Å². The summed E-state index contributed by atoms with van der Waals surface area (Å²) in [6.07, 6.45) is -0.652. The minimum absolute atomic E-state index is 0.0374. The van der Waals surface area contributed by atoms with E-state index in [0.717, 1.165) is 0 Å². The van der Waals surface area contributed by atoms with Crippen molar-refractivity contribution < 1.29 is 23.5 Å². The third-order valence-electron chi connectivity index (χ3n) is 2.90. The monoisotopic (exact) mass is 301 g/mol. The van der Waals surface area contributed by atoms with E-state index in [-0.39, 0.29) is 40.9 Å². The predicted molar refractivity (Wildman–Crippen MR) is 69.8 cm³/mol. The van der Waals surface area contributed by atoms with E-state index in [0.29, 0.717) is 0 Å². The summed E-state index contributed by atoms with van der Waals surface area (Å²) in [4.78, 5) is 22.8. The Morgan fingerprint density at radius 3 is 2.85 bits per heavy atom. The van der Waals surface area contributed by atoms with Gasteiger partial charge in [0.15, 0.2) is 11.6 Å². The van der Waals surface area contributed by atoms with Gasteiger partial charge in [-0.15, -0.1) is 0 Å². The number of ketones is 1. The molecule has 1 aliphatic rings. The second-order valence-corrected chi connectivity index (χ2v) is 4.65. The van der Waals surface area contributed by atoms with Crippen molar-refractivity contribution in [2.24, 2.45) is 0 Å². The topological polar surface area (TPSA) is 64.6 Å². The maximum Gasteiger partial charge on any atom is 0.407 e. The summed E-state index contributed by atoms with van der Waals surface area (Å²) in [7, 11) is 0. The molecule has 5 nitrogen and oxygen atoms in total. The Bertz CT molecular complexity index is 576. The van der Waals surface area contributed by atoms with Gasteiger partial charge in [-0.3, -0.25) is 4.79 Å². The highest BCUT2D eigenvalue weighted by Gasteiger charge is 2.32. The fourth-order valence-corrected chi connectivity index (χ4v) is 2.25. The molecule has 0 radical (unpaired) electrons. The van der Waals surface area contributed by atoms with E-state index in [1.807, 2.05) is 0 Å². The normalized spacial score (nSPS) is 17.6. The number of amides is 1. The van der Waals surface area contributed by atoms with Crippen LogP contribution in [0, 0.1) is 5.82 Å². The molecule has 1 saturated heterocycles. The second-order valence-electron chi connectivity index (χ2n) is 4.25. The number of hydrogen-bond donors (Lipinski definition) is 1. The molecule has 0 bridgehead atoms. The number of Topliss-reactive ketones (excluding diaryl/α,β-unsaturated/α-hetero) is 1. The third-order valence-corrected chi connectivity index (χ3v) is 3.17. The zero-order valence-electron chi connectivity index (χ0n) is 11.0. The van der Waals surface area contributed by atoms with E-state index in [4.69, 9.17) is 21.1 Å². The van der Waals surface area contributed by atoms with Gasteiger partial charge in [-0.05, 0) is 19.9 Å². The molecule has 0 spiro atoms. The summed E-state index contributed by atoms with van der Waals surface area (Å²) >= 11 is 5.81. The number of alkyl carbamates (subject to hydrolysis) is 1. The Hall–Kier alpha value is -1.82. The first-order valence-electron chi connectivity index (χ1n) is 6.04. The Morgan fingerprint density at radius 1 is 1.65 bits per heavy atom. The van der Waals surface area contributed by atoms with Crippen LogP contribution in [0.25, 0.3) is 0 Å². The van der Waals surface area contributed by atoms with Crippen molar-refractivity contribution in [3.05, 3.63) is 28.0 Å². The number of nitrogens with one attached hydrogen (secondary N) is 1. The van der Waals surface area contributed by atoms with Gasteiger partial charge in [-0.1, -0.05) is 11.6 Å². The van der Waals surface area contributed by atoms with Gasteiger partial charge in [0.2, 0.25) is 0 Å². The lowest BCUT2D eigenvalue weighted by atomic mass is 10.00. The Labute approximate surface area is 120 Å². The quantitative estimate of drug-likeness (QED) is 0.869. The molecule has 0 aromatic heterocycles. The number of cyclic esters (lactones) is 1. The van der Waals surface area contributed by atoms with Crippen LogP contribution in [0.5, 0.6) is 5.75 Å². The molecule has 1 amide bonds. The molecule has 1 aromatic rings. The highest BCUT2D eigenvalue weighted by Crippen LogP contribution is 2.37. The molecule has 1 aromatic carbocycles. The third kappa shape index (κ3) is 2.56. The molecule has 1 aliphatic heterocycles. The average Bonchev–Trinajstić information content (AvgIpc) is 2.80. The summed E-state index contributed by atoms with van der Waals surface area (Å²) < 4.78 is 24.4. The first-order chi connectivity index (χ1) is 9.45. The molecule has 0 aliphatic carbocycles. The number of halogens is 2. The number of carbonyl (C=O) groups excluding carboxylic acids is 2. The second kappa shape index (κ2) is 5.66. The van der Waals surface area contributed by atoms with Gasteiger partial charge >= 0.3 is 6.09 Å². The van der Waals surface area contributed by atoms with Crippen LogP contribution in [0.1, 0.15) is 35.8 Å². The van der Waals surface area contributed by atoms with E-state index >= 15 is 0 Å². The Kier molecular flexibility index (Phi) is 4.13. The first-order valence-corrected chi connectivity index (χ1v) is 6.42. The highest BCUT2D eigenvalue weighted by atomic mass is 35.5. The van der Waals surface area contributed by atoms with Crippen LogP contribution in [0.2, 0.25) is 5.02 Å². The van der Waals surface area contributed by atoms with E-state index in [1.54, 1.807) is 6.92 Å². The van der Waals surface area contributed by atoms with Crippen LogP contribution >= 0.6 is 11.6 Å². The van der Waals surface area contributed by atoms with Crippen LogP contribution in [-0.2, 0) is 4.74 Å². The maximum absolute atomic E-state index is 14.3. The van der Waals surface area contributed by atoms with Crippen molar-refractivity contribution >= 4 is 23.5 Å². The van der Waals surface area contributed by atoms with Crippen LogP contribution in [-0.4, -0.2) is 25.1 Å². The first kappa shape index (κ1) is 14.6. The molecule has 0 saturated carbocycles. The van der Waals surface area contributed by atoms with Gasteiger partial charge in [0.1, 0.15) is 12.4 Å². The molecule has 20 heavy (non-hydrogen) atoms. The van der Waals surface area contributed by atoms with Crippen molar-refractivity contribution in [2.45, 2.75) is 19.9 Å². The van der Waals surface area contributed by atoms with E-state index in [9.17, 15) is 14.0 Å². The fraction of sp³-hybridized carbons (Fsp3) is 0.385. The van der Waals surface area contributed by atoms with Crippen LogP contribution in [0.3, 0.4) is 0 Å².